The Morgan fingerprint density at radius 1 is 1.04 bits per heavy atom. The van der Waals surface area contributed by atoms with Crippen LogP contribution in [-0.2, 0) is 13.0 Å². The maximum Gasteiger partial charge on any atom is 0.191 e. The molecule has 5 nitrogen and oxygen atoms in total. The van der Waals surface area contributed by atoms with Crippen molar-refractivity contribution in [2.45, 2.75) is 31.5 Å². The summed E-state index contributed by atoms with van der Waals surface area (Å²) in [6.45, 7) is 3.08. The summed E-state index contributed by atoms with van der Waals surface area (Å²) in [5.41, 5.74) is 2.35. The molecule has 0 aliphatic rings. The lowest BCUT2D eigenvalue weighted by atomic mass is 10.2. The van der Waals surface area contributed by atoms with Gasteiger partial charge in [0.15, 0.2) is 11.0 Å². The van der Waals surface area contributed by atoms with Gasteiger partial charge in [-0.3, -0.25) is 4.98 Å². The summed E-state index contributed by atoms with van der Waals surface area (Å²) >= 11 is 1.75. The molecule has 0 radical (unpaired) electrons. The molecule has 0 unspecified atom stereocenters. The van der Waals surface area contributed by atoms with E-state index in [1.54, 1.807) is 31.3 Å². The Balaban J connectivity index is 1.68. The van der Waals surface area contributed by atoms with E-state index in [1.807, 2.05) is 24.3 Å². The zero-order chi connectivity index (χ0) is 17.5. The van der Waals surface area contributed by atoms with E-state index in [-0.39, 0.29) is 0 Å². The summed E-state index contributed by atoms with van der Waals surface area (Å²) in [5.74, 6) is 2.77. The molecule has 1 aromatic carbocycles. The third-order valence-corrected chi connectivity index (χ3v) is 4.85. The lowest BCUT2D eigenvalue weighted by Crippen LogP contribution is -2.02. The topological polar surface area (TPSA) is 52.8 Å². The van der Waals surface area contributed by atoms with Crippen LogP contribution in [0.15, 0.2) is 53.9 Å². The third-order valence-electron chi connectivity index (χ3n) is 3.88. The van der Waals surface area contributed by atoms with Gasteiger partial charge in [-0.2, -0.15) is 0 Å². The van der Waals surface area contributed by atoms with Gasteiger partial charge >= 0.3 is 0 Å². The molecular weight excluding hydrogens is 332 g/mol. The SMILES string of the molecule is CCCn1c(SCCc2ccc(OC)cc2)nnc1-c1ccncc1. The Kier molecular flexibility index (Phi) is 6.06. The number of pyridine rings is 1. The molecule has 0 saturated carbocycles. The van der Waals surface area contributed by atoms with Crippen molar-refractivity contribution in [2.24, 2.45) is 0 Å². The van der Waals surface area contributed by atoms with Crippen LogP contribution in [0.2, 0.25) is 0 Å². The number of aryl methyl sites for hydroxylation is 1. The van der Waals surface area contributed by atoms with Crippen molar-refractivity contribution in [1.29, 1.82) is 0 Å². The van der Waals surface area contributed by atoms with Crippen LogP contribution in [0.3, 0.4) is 0 Å². The van der Waals surface area contributed by atoms with Crippen LogP contribution in [0.1, 0.15) is 18.9 Å². The Morgan fingerprint density at radius 3 is 2.48 bits per heavy atom. The average Bonchev–Trinajstić information content (AvgIpc) is 3.06. The van der Waals surface area contributed by atoms with Gasteiger partial charge in [-0.1, -0.05) is 30.8 Å². The van der Waals surface area contributed by atoms with Gasteiger partial charge in [-0.25, -0.2) is 0 Å². The zero-order valence-corrected chi connectivity index (χ0v) is 15.4. The van der Waals surface area contributed by atoms with Gasteiger partial charge in [0.25, 0.3) is 0 Å². The first-order valence-electron chi connectivity index (χ1n) is 8.41. The van der Waals surface area contributed by atoms with Crippen LogP contribution in [0.25, 0.3) is 11.4 Å². The molecule has 0 fully saturated rings. The standard InChI is InChI=1S/C19H22N4OS/c1-3-13-23-18(16-8-11-20-12-9-16)21-22-19(23)25-14-10-15-4-6-17(24-2)7-5-15/h4-9,11-12H,3,10,13-14H2,1-2H3. The summed E-state index contributed by atoms with van der Waals surface area (Å²) in [5, 5.41) is 9.78. The van der Waals surface area contributed by atoms with Crippen LogP contribution in [-0.4, -0.2) is 32.6 Å². The van der Waals surface area contributed by atoms with Gasteiger partial charge in [0.1, 0.15) is 5.75 Å². The van der Waals surface area contributed by atoms with Crippen LogP contribution >= 0.6 is 11.8 Å². The average molecular weight is 354 g/mol. The van der Waals surface area contributed by atoms with E-state index in [0.29, 0.717) is 0 Å². The molecule has 3 rings (SSSR count). The van der Waals surface area contributed by atoms with Crippen LogP contribution < -0.4 is 4.74 Å². The normalized spacial score (nSPS) is 10.8. The summed E-state index contributed by atoms with van der Waals surface area (Å²) in [4.78, 5) is 4.08. The minimum absolute atomic E-state index is 0.890. The smallest absolute Gasteiger partial charge is 0.191 e. The van der Waals surface area contributed by atoms with Crippen molar-refractivity contribution >= 4 is 11.8 Å². The molecule has 0 aliphatic heterocycles. The zero-order valence-electron chi connectivity index (χ0n) is 14.6. The fraction of sp³-hybridized carbons (Fsp3) is 0.316. The molecule has 2 aromatic heterocycles. The summed E-state index contributed by atoms with van der Waals surface area (Å²) in [6.07, 6.45) is 5.61. The molecule has 0 atom stereocenters. The highest BCUT2D eigenvalue weighted by Gasteiger charge is 2.13. The minimum atomic E-state index is 0.890. The van der Waals surface area contributed by atoms with Crippen molar-refractivity contribution in [3.05, 3.63) is 54.4 Å². The third kappa shape index (κ3) is 4.39. The number of thioether (sulfide) groups is 1. The van der Waals surface area contributed by atoms with E-state index in [2.05, 4.69) is 38.8 Å². The lowest BCUT2D eigenvalue weighted by Gasteiger charge is -2.09. The van der Waals surface area contributed by atoms with Gasteiger partial charge in [0, 0.05) is 30.3 Å². The Bertz CT molecular complexity index is 787. The van der Waals surface area contributed by atoms with Crippen molar-refractivity contribution in [3.8, 4) is 17.1 Å². The van der Waals surface area contributed by atoms with E-state index in [0.717, 1.165) is 47.4 Å². The van der Waals surface area contributed by atoms with Crippen LogP contribution in [0.5, 0.6) is 5.75 Å². The number of hydrogen-bond acceptors (Lipinski definition) is 5. The fourth-order valence-electron chi connectivity index (χ4n) is 2.59. The molecular formula is C19H22N4OS. The first-order valence-corrected chi connectivity index (χ1v) is 9.39. The van der Waals surface area contributed by atoms with E-state index >= 15 is 0 Å². The van der Waals surface area contributed by atoms with Gasteiger partial charge < -0.3 is 9.30 Å². The predicted molar refractivity (Wildman–Crippen MR) is 101 cm³/mol. The lowest BCUT2D eigenvalue weighted by molar-refractivity contribution is 0.414. The first-order chi connectivity index (χ1) is 12.3. The number of aromatic nitrogens is 4. The number of methoxy groups -OCH3 is 1. The molecule has 0 N–H and O–H groups in total. The molecule has 0 saturated heterocycles. The van der Waals surface area contributed by atoms with Gasteiger partial charge in [0.2, 0.25) is 0 Å². The van der Waals surface area contributed by atoms with Crippen molar-refractivity contribution < 1.29 is 4.74 Å². The molecule has 2 heterocycles. The Labute approximate surface area is 152 Å². The van der Waals surface area contributed by atoms with E-state index in [9.17, 15) is 0 Å². The number of hydrogen-bond donors (Lipinski definition) is 0. The van der Waals surface area contributed by atoms with Crippen LogP contribution in [0, 0.1) is 0 Å². The number of benzene rings is 1. The quantitative estimate of drug-likeness (QED) is 0.570. The fourth-order valence-corrected chi connectivity index (χ4v) is 3.54. The number of nitrogens with zero attached hydrogens (tertiary/aromatic N) is 4. The number of ether oxygens (including phenoxy) is 1. The monoisotopic (exact) mass is 354 g/mol. The van der Waals surface area contributed by atoms with Crippen molar-refractivity contribution in [1.82, 2.24) is 19.7 Å². The molecule has 0 amide bonds. The number of rotatable bonds is 8. The molecule has 0 spiro atoms. The second-order valence-electron chi connectivity index (χ2n) is 5.64. The van der Waals surface area contributed by atoms with E-state index in [4.69, 9.17) is 4.74 Å². The van der Waals surface area contributed by atoms with Gasteiger partial charge in [-0.05, 0) is 42.7 Å². The first kappa shape index (κ1) is 17.5. The summed E-state index contributed by atoms with van der Waals surface area (Å²) < 4.78 is 7.40. The highest BCUT2D eigenvalue weighted by atomic mass is 32.2. The predicted octanol–water partition coefficient (Wildman–Crippen LogP) is 4.09. The molecule has 25 heavy (non-hydrogen) atoms. The maximum absolute atomic E-state index is 5.20. The Hall–Kier alpha value is -2.34. The van der Waals surface area contributed by atoms with Crippen molar-refractivity contribution in [3.63, 3.8) is 0 Å². The second kappa shape index (κ2) is 8.67. The molecule has 6 heteroatoms. The molecule has 130 valence electrons. The molecule has 0 bridgehead atoms. The van der Waals surface area contributed by atoms with E-state index < -0.39 is 0 Å². The summed E-state index contributed by atoms with van der Waals surface area (Å²) in [6, 6.07) is 12.2. The Morgan fingerprint density at radius 2 is 1.80 bits per heavy atom. The van der Waals surface area contributed by atoms with E-state index in [1.165, 1.54) is 5.56 Å². The summed E-state index contributed by atoms with van der Waals surface area (Å²) in [7, 11) is 1.69. The van der Waals surface area contributed by atoms with Crippen molar-refractivity contribution in [2.75, 3.05) is 12.9 Å². The highest BCUT2D eigenvalue weighted by Crippen LogP contribution is 2.24. The van der Waals surface area contributed by atoms with Crippen LogP contribution in [0.4, 0.5) is 0 Å². The van der Waals surface area contributed by atoms with Gasteiger partial charge in [-0.15, -0.1) is 10.2 Å². The van der Waals surface area contributed by atoms with Gasteiger partial charge in [0.05, 0.1) is 7.11 Å². The molecule has 0 aliphatic carbocycles. The highest BCUT2D eigenvalue weighted by molar-refractivity contribution is 7.99. The maximum atomic E-state index is 5.20. The molecule has 3 aromatic rings. The minimum Gasteiger partial charge on any atom is -0.497 e. The largest absolute Gasteiger partial charge is 0.497 e. The second-order valence-corrected chi connectivity index (χ2v) is 6.70.